The maximum Gasteiger partial charge on any atom is 0.253 e. The van der Waals surface area contributed by atoms with E-state index in [1.54, 1.807) is 12.1 Å². The van der Waals surface area contributed by atoms with Crippen LogP contribution in [0.2, 0.25) is 0 Å². The van der Waals surface area contributed by atoms with Crippen LogP contribution in [-0.2, 0) is 4.74 Å². The predicted molar refractivity (Wildman–Crippen MR) is 80.9 cm³/mol. The fraction of sp³-hybridized carbons (Fsp3) is 0.533. The highest BCUT2D eigenvalue weighted by Gasteiger charge is 2.17. The van der Waals surface area contributed by atoms with Crippen molar-refractivity contribution in [3.63, 3.8) is 0 Å². The molecule has 1 aliphatic heterocycles. The van der Waals surface area contributed by atoms with Crippen LogP contribution in [0.4, 0.5) is 11.4 Å². The molecule has 0 aromatic heterocycles. The molecule has 2 rings (SSSR count). The number of nitrogen functional groups attached to an aromatic ring is 1. The largest absolute Gasteiger partial charge is 0.399 e. The van der Waals surface area contributed by atoms with E-state index in [9.17, 15) is 4.79 Å². The molecule has 0 radical (unpaired) electrons. The van der Waals surface area contributed by atoms with Crippen LogP contribution in [0.3, 0.4) is 0 Å². The molecule has 0 aliphatic carbocycles. The van der Waals surface area contributed by atoms with E-state index < -0.39 is 0 Å². The van der Waals surface area contributed by atoms with E-state index >= 15 is 0 Å². The molecule has 1 amide bonds. The lowest BCUT2D eigenvalue weighted by Gasteiger charge is -2.15. The summed E-state index contributed by atoms with van der Waals surface area (Å²) in [4.78, 5) is 12.1. The number of rotatable bonds is 6. The Morgan fingerprint density at radius 2 is 2.35 bits per heavy atom. The number of ether oxygens (including phenoxy) is 1. The van der Waals surface area contributed by atoms with Crippen LogP contribution >= 0.6 is 0 Å². The molecule has 1 atom stereocenters. The Balaban J connectivity index is 2.04. The second-order valence-electron chi connectivity index (χ2n) is 5.08. The zero-order chi connectivity index (χ0) is 14.4. The van der Waals surface area contributed by atoms with Gasteiger partial charge < -0.3 is 21.1 Å². The van der Waals surface area contributed by atoms with Gasteiger partial charge in [0.1, 0.15) is 0 Å². The van der Waals surface area contributed by atoms with Crippen molar-refractivity contribution in [2.45, 2.75) is 32.3 Å². The molecular formula is C15H23N3O2. The Bertz CT molecular complexity index is 456. The Hall–Kier alpha value is -1.75. The molecule has 1 aliphatic rings. The van der Waals surface area contributed by atoms with Crippen LogP contribution in [0, 0.1) is 0 Å². The van der Waals surface area contributed by atoms with Gasteiger partial charge in [0.05, 0.1) is 11.7 Å². The number of amides is 1. The highest BCUT2D eigenvalue weighted by atomic mass is 16.5. The lowest BCUT2D eigenvalue weighted by atomic mass is 10.1. The molecule has 1 aromatic rings. The molecular weight excluding hydrogens is 254 g/mol. The summed E-state index contributed by atoms with van der Waals surface area (Å²) in [5, 5.41) is 6.18. The number of carbonyl (C=O) groups excluding carboxylic acids is 1. The third-order valence-electron chi connectivity index (χ3n) is 3.37. The van der Waals surface area contributed by atoms with Gasteiger partial charge in [-0.25, -0.2) is 0 Å². The average molecular weight is 277 g/mol. The average Bonchev–Trinajstić information content (AvgIpc) is 2.96. The van der Waals surface area contributed by atoms with Gasteiger partial charge in [0.25, 0.3) is 5.91 Å². The predicted octanol–water partition coefficient (Wildman–Crippen LogP) is 2.00. The summed E-state index contributed by atoms with van der Waals surface area (Å²) < 4.78 is 5.58. The third-order valence-corrected chi connectivity index (χ3v) is 3.37. The first-order chi connectivity index (χ1) is 9.70. The molecule has 4 N–H and O–H groups in total. The summed E-state index contributed by atoms with van der Waals surface area (Å²) >= 11 is 0. The minimum absolute atomic E-state index is 0.0889. The van der Waals surface area contributed by atoms with Gasteiger partial charge in [-0.05, 0) is 37.5 Å². The molecule has 1 fully saturated rings. The molecule has 5 nitrogen and oxygen atoms in total. The Labute approximate surface area is 119 Å². The molecule has 0 saturated carbocycles. The summed E-state index contributed by atoms with van der Waals surface area (Å²) in [5.41, 5.74) is 7.77. The SMILES string of the molecule is CCCNC(=O)c1cc(N)ccc1NC[C@@H]1CCCO1. The van der Waals surface area contributed by atoms with Crippen molar-refractivity contribution in [2.24, 2.45) is 0 Å². The summed E-state index contributed by atoms with van der Waals surface area (Å²) in [6.45, 7) is 4.24. The molecule has 110 valence electrons. The van der Waals surface area contributed by atoms with Crippen LogP contribution < -0.4 is 16.4 Å². The van der Waals surface area contributed by atoms with Crippen molar-refractivity contribution in [3.05, 3.63) is 23.8 Å². The Morgan fingerprint density at radius 1 is 1.50 bits per heavy atom. The highest BCUT2D eigenvalue weighted by molar-refractivity contribution is 6.00. The van der Waals surface area contributed by atoms with Crippen molar-refractivity contribution >= 4 is 17.3 Å². The number of anilines is 2. The van der Waals surface area contributed by atoms with E-state index in [2.05, 4.69) is 10.6 Å². The topological polar surface area (TPSA) is 76.4 Å². The van der Waals surface area contributed by atoms with Crippen LogP contribution in [0.1, 0.15) is 36.5 Å². The molecule has 0 bridgehead atoms. The second kappa shape index (κ2) is 7.14. The molecule has 0 unspecified atom stereocenters. The minimum Gasteiger partial charge on any atom is -0.399 e. The Morgan fingerprint density at radius 3 is 3.05 bits per heavy atom. The quantitative estimate of drug-likeness (QED) is 0.695. The van der Waals surface area contributed by atoms with Crippen molar-refractivity contribution < 1.29 is 9.53 Å². The number of nitrogens with one attached hydrogen (secondary N) is 2. The van der Waals surface area contributed by atoms with E-state index in [-0.39, 0.29) is 12.0 Å². The van der Waals surface area contributed by atoms with Gasteiger partial charge in [0.2, 0.25) is 0 Å². The second-order valence-corrected chi connectivity index (χ2v) is 5.08. The van der Waals surface area contributed by atoms with Gasteiger partial charge in [-0.1, -0.05) is 6.92 Å². The summed E-state index contributed by atoms with van der Waals surface area (Å²) in [6.07, 6.45) is 3.32. The number of hydrogen-bond acceptors (Lipinski definition) is 4. The van der Waals surface area contributed by atoms with Crippen molar-refractivity contribution in [1.82, 2.24) is 5.32 Å². The van der Waals surface area contributed by atoms with Crippen LogP contribution in [-0.4, -0.2) is 31.7 Å². The van der Waals surface area contributed by atoms with E-state index in [1.807, 2.05) is 13.0 Å². The maximum absolute atomic E-state index is 12.1. The van der Waals surface area contributed by atoms with Gasteiger partial charge in [0, 0.05) is 31.1 Å². The van der Waals surface area contributed by atoms with E-state index in [0.717, 1.165) is 38.1 Å². The molecule has 1 heterocycles. The summed E-state index contributed by atoms with van der Waals surface area (Å²) in [5.74, 6) is -0.0889. The van der Waals surface area contributed by atoms with Gasteiger partial charge in [-0.2, -0.15) is 0 Å². The molecule has 20 heavy (non-hydrogen) atoms. The maximum atomic E-state index is 12.1. The first kappa shape index (κ1) is 14.7. The summed E-state index contributed by atoms with van der Waals surface area (Å²) in [6, 6.07) is 5.36. The third kappa shape index (κ3) is 3.87. The molecule has 1 saturated heterocycles. The fourth-order valence-electron chi connectivity index (χ4n) is 2.27. The summed E-state index contributed by atoms with van der Waals surface area (Å²) in [7, 11) is 0. The van der Waals surface area contributed by atoms with Crippen molar-refractivity contribution in [1.29, 1.82) is 0 Å². The molecule has 5 heteroatoms. The number of benzene rings is 1. The fourth-order valence-corrected chi connectivity index (χ4v) is 2.27. The highest BCUT2D eigenvalue weighted by Crippen LogP contribution is 2.20. The number of nitrogens with two attached hydrogens (primary N) is 1. The zero-order valence-electron chi connectivity index (χ0n) is 11.9. The first-order valence-corrected chi connectivity index (χ1v) is 7.24. The van der Waals surface area contributed by atoms with Gasteiger partial charge in [0.15, 0.2) is 0 Å². The van der Waals surface area contributed by atoms with E-state index in [4.69, 9.17) is 10.5 Å². The standard InChI is InChI=1S/C15H23N3O2/c1-2-7-17-15(19)13-9-11(16)5-6-14(13)18-10-12-4-3-8-20-12/h5-6,9,12,18H,2-4,7-8,10,16H2,1H3,(H,17,19)/t12-/m0/s1. The zero-order valence-corrected chi connectivity index (χ0v) is 11.9. The number of hydrogen-bond donors (Lipinski definition) is 3. The smallest absolute Gasteiger partial charge is 0.253 e. The van der Waals surface area contributed by atoms with E-state index in [0.29, 0.717) is 17.8 Å². The van der Waals surface area contributed by atoms with E-state index in [1.165, 1.54) is 0 Å². The number of carbonyl (C=O) groups is 1. The lowest BCUT2D eigenvalue weighted by Crippen LogP contribution is -2.26. The van der Waals surface area contributed by atoms with Crippen molar-refractivity contribution in [2.75, 3.05) is 30.7 Å². The van der Waals surface area contributed by atoms with Crippen LogP contribution in [0.5, 0.6) is 0 Å². The van der Waals surface area contributed by atoms with Crippen LogP contribution in [0.25, 0.3) is 0 Å². The Kier molecular flexibility index (Phi) is 5.24. The lowest BCUT2D eigenvalue weighted by molar-refractivity contribution is 0.0954. The van der Waals surface area contributed by atoms with Gasteiger partial charge in [-0.3, -0.25) is 4.79 Å². The molecule has 0 spiro atoms. The first-order valence-electron chi connectivity index (χ1n) is 7.24. The monoisotopic (exact) mass is 277 g/mol. The van der Waals surface area contributed by atoms with Gasteiger partial charge >= 0.3 is 0 Å². The normalized spacial score (nSPS) is 17.9. The van der Waals surface area contributed by atoms with Gasteiger partial charge in [-0.15, -0.1) is 0 Å². The van der Waals surface area contributed by atoms with Crippen molar-refractivity contribution in [3.8, 4) is 0 Å². The molecule has 1 aromatic carbocycles. The van der Waals surface area contributed by atoms with Crippen LogP contribution in [0.15, 0.2) is 18.2 Å². The minimum atomic E-state index is -0.0889.